The molecule has 148 valence electrons. The van der Waals surface area contributed by atoms with Crippen molar-refractivity contribution in [1.82, 2.24) is 9.80 Å². The van der Waals surface area contributed by atoms with Gasteiger partial charge in [0.2, 0.25) is 5.91 Å². The van der Waals surface area contributed by atoms with Gasteiger partial charge in [-0.2, -0.15) is 0 Å². The molecule has 0 bridgehead atoms. The van der Waals surface area contributed by atoms with Crippen LogP contribution in [0.5, 0.6) is 0 Å². The molecule has 8 heteroatoms. The number of carbonyl (C=O) groups excluding carboxylic acids is 2. The molecule has 1 aromatic carbocycles. The highest BCUT2D eigenvalue weighted by Gasteiger charge is 2.58. The summed E-state index contributed by atoms with van der Waals surface area (Å²) in [5, 5.41) is 0. The first kappa shape index (κ1) is 20.2. The number of piperazine rings is 1. The summed E-state index contributed by atoms with van der Waals surface area (Å²) in [5.41, 5.74) is -0.00418. The zero-order valence-electron chi connectivity index (χ0n) is 15.5. The minimum Gasteiger partial charge on any atom is -0.444 e. The van der Waals surface area contributed by atoms with E-state index in [0.29, 0.717) is 25.1 Å². The molecule has 2 aliphatic rings. The molecule has 0 N–H and O–H groups in total. The van der Waals surface area contributed by atoms with Crippen LogP contribution in [-0.2, 0) is 9.53 Å². The summed E-state index contributed by atoms with van der Waals surface area (Å²) in [4.78, 5) is 28.5. The summed E-state index contributed by atoms with van der Waals surface area (Å²) >= 11 is 12.1. The van der Waals surface area contributed by atoms with Crippen molar-refractivity contribution < 1.29 is 18.7 Å². The van der Waals surface area contributed by atoms with Crippen LogP contribution in [0.25, 0.3) is 0 Å². The second-order valence-electron chi connectivity index (χ2n) is 8.05. The van der Waals surface area contributed by atoms with Crippen LogP contribution in [0, 0.1) is 11.7 Å². The molecule has 2 atom stereocenters. The molecule has 5 nitrogen and oxygen atoms in total. The Labute approximate surface area is 168 Å². The predicted molar refractivity (Wildman–Crippen MR) is 101 cm³/mol. The van der Waals surface area contributed by atoms with Crippen molar-refractivity contribution in [1.29, 1.82) is 0 Å². The highest BCUT2D eigenvalue weighted by molar-refractivity contribution is 6.52. The van der Waals surface area contributed by atoms with Crippen molar-refractivity contribution in [2.45, 2.75) is 43.2 Å². The second-order valence-corrected chi connectivity index (χ2v) is 9.59. The quantitative estimate of drug-likeness (QED) is 0.680. The van der Waals surface area contributed by atoms with Crippen LogP contribution in [0.15, 0.2) is 24.3 Å². The molecule has 1 heterocycles. The van der Waals surface area contributed by atoms with E-state index in [1.165, 1.54) is 12.1 Å². The largest absolute Gasteiger partial charge is 0.444 e. The van der Waals surface area contributed by atoms with E-state index < -0.39 is 33.8 Å². The number of rotatable bonds is 2. The van der Waals surface area contributed by atoms with Gasteiger partial charge in [0.25, 0.3) is 0 Å². The molecule has 3 rings (SSSR count). The second kappa shape index (κ2) is 7.13. The number of hydrogen-bond acceptors (Lipinski definition) is 3. The predicted octanol–water partition coefficient (Wildman–Crippen LogP) is 4.14. The molecule has 2 amide bonds. The van der Waals surface area contributed by atoms with E-state index in [2.05, 4.69) is 0 Å². The molecule has 27 heavy (non-hydrogen) atoms. The van der Waals surface area contributed by atoms with Gasteiger partial charge in [-0.1, -0.05) is 12.1 Å². The summed E-state index contributed by atoms with van der Waals surface area (Å²) < 4.78 is 18.2. The van der Waals surface area contributed by atoms with Gasteiger partial charge in [0.1, 0.15) is 15.8 Å². The molecular formula is C19H23Cl2FN2O3. The highest BCUT2D eigenvalue weighted by atomic mass is 35.5. The number of amides is 2. The zero-order chi connectivity index (χ0) is 20.0. The highest BCUT2D eigenvalue weighted by Crippen LogP contribution is 2.54. The molecule has 0 aromatic heterocycles. The SMILES string of the molecule is CC(C)(C)OC(=O)N1CCN(C(=O)[C@@H]2CC2(Cl)Cl)[C@@H](c2cccc(F)c2)C1. The van der Waals surface area contributed by atoms with Crippen molar-refractivity contribution in [2.24, 2.45) is 5.92 Å². The number of alkyl halides is 2. The summed E-state index contributed by atoms with van der Waals surface area (Å²) in [5.74, 6) is -1.03. The van der Waals surface area contributed by atoms with Gasteiger partial charge in [0.05, 0.1) is 12.0 Å². The first-order valence-corrected chi connectivity index (χ1v) is 9.65. The van der Waals surface area contributed by atoms with E-state index in [1.54, 1.807) is 42.7 Å². The van der Waals surface area contributed by atoms with Crippen LogP contribution in [0.2, 0.25) is 0 Å². The van der Waals surface area contributed by atoms with Gasteiger partial charge in [-0.25, -0.2) is 9.18 Å². The number of halogens is 3. The number of ether oxygens (including phenoxy) is 1. The van der Waals surface area contributed by atoms with Gasteiger partial charge in [-0.15, -0.1) is 23.2 Å². The summed E-state index contributed by atoms with van der Waals surface area (Å²) in [6, 6.07) is 5.57. The lowest BCUT2D eigenvalue weighted by Gasteiger charge is -2.42. The van der Waals surface area contributed by atoms with Gasteiger partial charge >= 0.3 is 6.09 Å². The third-order valence-corrected chi connectivity index (χ3v) is 5.51. The number of nitrogens with zero attached hydrogens (tertiary/aromatic N) is 2. The fourth-order valence-electron chi connectivity index (χ4n) is 3.22. The van der Waals surface area contributed by atoms with Crippen molar-refractivity contribution in [3.63, 3.8) is 0 Å². The number of carbonyl (C=O) groups is 2. The maximum absolute atomic E-state index is 13.8. The van der Waals surface area contributed by atoms with Crippen molar-refractivity contribution in [3.05, 3.63) is 35.6 Å². The summed E-state index contributed by atoms with van der Waals surface area (Å²) in [6.45, 7) is 6.23. The molecule has 2 fully saturated rings. The van der Waals surface area contributed by atoms with Crippen LogP contribution in [0.1, 0.15) is 38.8 Å². The monoisotopic (exact) mass is 416 g/mol. The maximum Gasteiger partial charge on any atom is 0.410 e. The maximum atomic E-state index is 13.8. The van der Waals surface area contributed by atoms with Crippen molar-refractivity contribution in [3.8, 4) is 0 Å². The van der Waals surface area contributed by atoms with E-state index in [4.69, 9.17) is 27.9 Å². The number of benzene rings is 1. The first-order valence-electron chi connectivity index (χ1n) is 8.89. The van der Waals surface area contributed by atoms with Crippen LogP contribution in [0.4, 0.5) is 9.18 Å². The molecule has 1 aromatic rings. The zero-order valence-corrected chi connectivity index (χ0v) is 17.1. The fourth-order valence-corrected chi connectivity index (χ4v) is 3.71. The van der Waals surface area contributed by atoms with E-state index in [-0.39, 0.29) is 12.5 Å². The fraction of sp³-hybridized carbons (Fsp3) is 0.579. The first-order chi connectivity index (χ1) is 12.5. The van der Waals surface area contributed by atoms with E-state index in [9.17, 15) is 14.0 Å². The van der Waals surface area contributed by atoms with Gasteiger partial charge in [-0.3, -0.25) is 4.79 Å². The van der Waals surface area contributed by atoms with Gasteiger partial charge in [0.15, 0.2) is 0 Å². The third kappa shape index (κ3) is 4.66. The molecule has 0 unspecified atom stereocenters. The van der Waals surface area contributed by atoms with Gasteiger partial charge in [0, 0.05) is 19.6 Å². The Morgan fingerprint density at radius 3 is 2.48 bits per heavy atom. The normalized spacial score (nSPS) is 24.5. The summed E-state index contributed by atoms with van der Waals surface area (Å²) in [7, 11) is 0. The molecule has 1 saturated carbocycles. The Kier molecular flexibility index (Phi) is 5.34. The molecule has 1 aliphatic heterocycles. The molecule has 0 spiro atoms. The lowest BCUT2D eigenvalue weighted by atomic mass is 10.0. The van der Waals surface area contributed by atoms with Crippen LogP contribution >= 0.6 is 23.2 Å². The minimum atomic E-state index is -1.04. The lowest BCUT2D eigenvalue weighted by Crippen LogP contribution is -2.53. The Morgan fingerprint density at radius 2 is 1.93 bits per heavy atom. The third-order valence-electron chi connectivity index (χ3n) is 4.67. The van der Waals surface area contributed by atoms with Crippen molar-refractivity contribution >= 4 is 35.2 Å². The molecule has 0 radical (unpaired) electrons. The topological polar surface area (TPSA) is 49.9 Å². The molecular weight excluding hydrogens is 394 g/mol. The smallest absolute Gasteiger partial charge is 0.410 e. The minimum absolute atomic E-state index is 0.168. The molecule has 1 saturated heterocycles. The van der Waals surface area contributed by atoms with Crippen LogP contribution < -0.4 is 0 Å². The standard InChI is InChI=1S/C19H23Cl2FN2O3/c1-18(2,3)27-17(26)23-7-8-24(16(25)14-10-19(14,20)21)15(11-23)12-5-4-6-13(22)9-12/h4-6,9,14-15H,7-8,10-11H2,1-3H3/t14-,15+/m0/s1. The molecule has 1 aliphatic carbocycles. The van der Waals surface area contributed by atoms with Crippen LogP contribution in [-0.4, -0.2) is 51.4 Å². The average Bonchev–Trinajstić information content (AvgIpc) is 3.20. The Bertz CT molecular complexity index is 751. The van der Waals surface area contributed by atoms with E-state index in [0.717, 1.165) is 0 Å². The average molecular weight is 417 g/mol. The van der Waals surface area contributed by atoms with Crippen LogP contribution in [0.3, 0.4) is 0 Å². The van der Waals surface area contributed by atoms with Gasteiger partial charge < -0.3 is 14.5 Å². The Hall–Kier alpha value is -1.53. The van der Waals surface area contributed by atoms with E-state index in [1.807, 2.05) is 0 Å². The number of hydrogen-bond donors (Lipinski definition) is 0. The van der Waals surface area contributed by atoms with E-state index >= 15 is 0 Å². The Balaban J connectivity index is 1.83. The van der Waals surface area contributed by atoms with Crippen molar-refractivity contribution in [2.75, 3.05) is 19.6 Å². The lowest BCUT2D eigenvalue weighted by molar-refractivity contribution is -0.137. The Morgan fingerprint density at radius 1 is 1.26 bits per heavy atom. The van der Waals surface area contributed by atoms with Gasteiger partial charge in [-0.05, 0) is 44.9 Å². The summed E-state index contributed by atoms with van der Waals surface area (Å²) in [6.07, 6.45) is -0.0525.